The van der Waals surface area contributed by atoms with E-state index in [1.165, 1.54) is 16.6 Å². The number of nitrogens with zero attached hydrogens (tertiary/aromatic N) is 4. The first kappa shape index (κ1) is 21.1. The van der Waals surface area contributed by atoms with E-state index in [1.807, 2.05) is 11.4 Å². The van der Waals surface area contributed by atoms with Gasteiger partial charge in [0.1, 0.15) is 0 Å². The number of carboxylic acids is 1. The minimum atomic E-state index is -1.13. The second-order valence-corrected chi connectivity index (χ2v) is 9.27. The van der Waals surface area contributed by atoms with Crippen molar-refractivity contribution in [3.63, 3.8) is 0 Å². The first-order chi connectivity index (χ1) is 15.0. The van der Waals surface area contributed by atoms with Crippen LogP contribution in [0.1, 0.15) is 46.5 Å². The van der Waals surface area contributed by atoms with E-state index in [9.17, 15) is 9.90 Å². The molecular weight excluding hydrogens is 428 g/mol. The Bertz CT molecular complexity index is 1150. The molecule has 0 saturated carbocycles. The van der Waals surface area contributed by atoms with E-state index in [1.54, 1.807) is 28.7 Å². The quantitative estimate of drug-likeness (QED) is 0.371. The third kappa shape index (κ3) is 5.15. The summed E-state index contributed by atoms with van der Waals surface area (Å²) in [5, 5.41) is 14.2. The molecule has 0 radical (unpaired) electrons. The normalized spacial score (nSPS) is 11.1. The number of aromatic carboxylic acids is 1. The number of aromatic nitrogens is 3. The second kappa shape index (κ2) is 9.36. The molecule has 6 nitrogen and oxygen atoms in total. The fraction of sp³-hybridized carbons (Fsp3) is 0.217. The van der Waals surface area contributed by atoms with Gasteiger partial charge in [-0.3, -0.25) is 0 Å². The van der Waals surface area contributed by atoms with Crippen LogP contribution in [0.4, 0.5) is 5.13 Å². The topological polar surface area (TPSA) is 79.2 Å². The summed E-state index contributed by atoms with van der Waals surface area (Å²) in [6.07, 6.45) is 1.48. The molecule has 1 N–H and O–H groups in total. The van der Waals surface area contributed by atoms with Crippen molar-refractivity contribution in [3.8, 4) is 11.3 Å². The van der Waals surface area contributed by atoms with Crippen molar-refractivity contribution in [1.82, 2.24) is 15.0 Å². The van der Waals surface area contributed by atoms with Crippen LogP contribution in [-0.4, -0.2) is 26.0 Å². The number of rotatable bonds is 8. The van der Waals surface area contributed by atoms with E-state index in [4.69, 9.17) is 4.98 Å². The summed E-state index contributed by atoms with van der Waals surface area (Å²) in [4.78, 5) is 27.4. The predicted octanol–water partition coefficient (Wildman–Crippen LogP) is 5.69. The zero-order valence-corrected chi connectivity index (χ0v) is 18.9. The Morgan fingerprint density at radius 3 is 2.55 bits per heavy atom. The molecule has 8 heteroatoms. The van der Waals surface area contributed by atoms with E-state index in [-0.39, 0.29) is 5.82 Å². The van der Waals surface area contributed by atoms with Crippen LogP contribution in [0.15, 0.2) is 59.4 Å². The van der Waals surface area contributed by atoms with Crippen molar-refractivity contribution in [1.29, 1.82) is 0 Å². The van der Waals surface area contributed by atoms with Gasteiger partial charge in [-0.2, -0.15) is 0 Å². The average molecular weight is 451 g/mol. The van der Waals surface area contributed by atoms with Crippen LogP contribution in [0.5, 0.6) is 0 Å². The van der Waals surface area contributed by atoms with Gasteiger partial charge >= 0.3 is 5.97 Å². The Morgan fingerprint density at radius 2 is 1.87 bits per heavy atom. The number of hydrogen-bond donors (Lipinski definition) is 1. The minimum absolute atomic E-state index is 0.196. The molecule has 31 heavy (non-hydrogen) atoms. The molecule has 0 aliphatic heterocycles. The maximum Gasteiger partial charge on any atom is 0.373 e. The lowest BCUT2D eigenvalue weighted by Gasteiger charge is -2.21. The van der Waals surface area contributed by atoms with Gasteiger partial charge in [-0.05, 0) is 29.0 Å². The Morgan fingerprint density at radius 1 is 1.06 bits per heavy atom. The van der Waals surface area contributed by atoms with E-state index in [0.717, 1.165) is 16.4 Å². The monoisotopic (exact) mass is 450 g/mol. The predicted molar refractivity (Wildman–Crippen MR) is 125 cm³/mol. The Kier molecular flexibility index (Phi) is 6.39. The molecule has 0 aliphatic rings. The zero-order chi connectivity index (χ0) is 21.8. The Labute approximate surface area is 188 Å². The van der Waals surface area contributed by atoms with Gasteiger partial charge in [0.25, 0.3) is 0 Å². The van der Waals surface area contributed by atoms with Crippen molar-refractivity contribution >= 4 is 33.8 Å². The highest BCUT2D eigenvalue weighted by Crippen LogP contribution is 2.30. The lowest BCUT2D eigenvalue weighted by atomic mass is 10.0. The summed E-state index contributed by atoms with van der Waals surface area (Å²) in [6.45, 7) is 5.48. The van der Waals surface area contributed by atoms with Crippen molar-refractivity contribution in [2.24, 2.45) is 0 Å². The molecule has 0 spiro atoms. The van der Waals surface area contributed by atoms with Gasteiger partial charge in [0.2, 0.25) is 5.82 Å². The van der Waals surface area contributed by atoms with Gasteiger partial charge < -0.3 is 10.0 Å². The van der Waals surface area contributed by atoms with Crippen molar-refractivity contribution in [2.75, 3.05) is 4.90 Å². The van der Waals surface area contributed by atoms with Crippen LogP contribution in [0, 0.1) is 0 Å². The molecule has 158 valence electrons. The summed E-state index contributed by atoms with van der Waals surface area (Å²) in [5.74, 6) is -0.837. The fourth-order valence-corrected chi connectivity index (χ4v) is 4.70. The molecule has 3 heterocycles. The molecule has 0 fully saturated rings. The molecule has 4 rings (SSSR count). The van der Waals surface area contributed by atoms with Gasteiger partial charge in [-0.15, -0.1) is 22.7 Å². The van der Waals surface area contributed by atoms with Crippen molar-refractivity contribution < 1.29 is 9.90 Å². The van der Waals surface area contributed by atoms with Crippen LogP contribution in [0.3, 0.4) is 0 Å². The maximum atomic E-state index is 11.2. The van der Waals surface area contributed by atoms with Crippen LogP contribution in [0.25, 0.3) is 11.3 Å². The third-order valence-corrected chi connectivity index (χ3v) is 6.58. The Balaban J connectivity index is 1.61. The SMILES string of the molecule is CC(C)c1ccc(-c2csc(N(Cc3ccnc(C(=O)O)n3)Cc3cccs3)n2)cc1. The van der Waals surface area contributed by atoms with Crippen LogP contribution in [-0.2, 0) is 13.1 Å². The van der Waals surface area contributed by atoms with Crippen LogP contribution < -0.4 is 4.90 Å². The highest BCUT2D eigenvalue weighted by Gasteiger charge is 2.16. The lowest BCUT2D eigenvalue weighted by molar-refractivity contribution is 0.0683. The number of carboxylic acid groups (broad SMARTS) is 1. The molecule has 1 aromatic carbocycles. The second-order valence-electron chi connectivity index (χ2n) is 7.40. The number of thiophene rings is 1. The molecule has 0 atom stereocenters. The van der Waals surface area contributed by atoms with E-state index < -0.39 is 5.97 Å². The molecule has 0 unspecified atom stereocenters. The van der Waals surface area contributed by atoms with Crippen LogP contribution >= 0.6 is 22.7 Å². The van der Waals surface area contributed by atoms with Gasteiger partial charge in [0.05, 0.1) is 24.5 Å². The smallest absolute Gasteiger partial charge is 0.373 e. The summed E-state index contributed by atoms with van der Waals surface area (Å²) in [6, 6.07) is 14.4. The molecule has 0 aliphatic carbocycles. The standard InChI is InChI=1S/C23H22N4O2S2/c1-15(2)16-5-7-17(8-6-16)20-14-31-23(26-20)27(13-19-4-3-11-30-19)12-18-9-10-24-21(25-18)22(28)29/h3-11,14-15H,12-13H2,1-2H3,(H,28,29). The first-order valence-electron chi connectivity index (χ1n) is 9.88. The molecule has 0 amide bonds. The largest absolute Gasteiger partial charge is 0.475 e. The number of carbonyl (C=O) groups is 1. The Hall–Kier alpha value is -3.10. The van der Waals surface area contributed by atoms with E-state index >= 15 is 0 Å². The minimum Gasteiger partial charge on any atom is -0.475 e. The lowest BCUT2D eigenvalue weighted by Crippen LogP contribution is -2.22. The molecule has 0 bridgehead atoms. The van der Waals surface area contributed by atoms with Gasteiger partial charge in [-0.1, -0.05) is 44.2 Å². The van der Waals surface area contributed by atoms with Crippen molar-refractivity contribution in [2.45, 2.75) is 32.9 Å². The number of thiazole rings is 1. The fourth-order valence-electron chi connectivity index (χ4n) is 3.15. The molecule has 3 aromatic heterocycles. The summed E-state index contributed by atoms with van der Waals surface area (Å²) in [7, 11) is 0. The van der Waals surface area contributed by atoms with Gasteiger partial charge in [-0.25, -0.2) is 19.7 Å². The maximum absolute atomic E-state index is 11.2. The van der Waals surface area contributed by atoms with E-state index in [0.29, 0.717) is 24.7 Å². The first-order valence-corrected chi connectivity index (χ1v) is 11.6. The van der Waals surface area contributed by atoms with Gasteiger partial charge in [0.15, 0.2) is 5.13 Å². The number of hydrogen-bond acceptors (Lipinski definition) is 7. The summed E-state index contributed by atoms with van der Waals surface area (Å²) in [5.41, 5.74) is 3.96. The highest BCUT2D eigenvalue weighted by molar-refractivity contribution is 7.14. The summed E-state index contributed by atoms with van der Waals surface area (Å²) >= 11 is 3.25. The number of anilines is 1. The van der Waals surface area contributed by atoms with Gasteiger partial charge in [0, 0.05) is 22.0 Å². The number of benzene rings is 1. The zero-order valence-electron chi connectivity index (χ0n) is 17.2. The summed E-state index contributed by atoms with van der Waals surface area (Å²) < 4.78 is 0. The van der Waals surface area contributed by atoms with Crippen LogP contribution in [0.2, 0.25) is 0 Å². The average Bonchev–Trinajstić information content (AvgIpc) is 3.46. The molecular formula is C23H22N4O2S2. The van der Waals surface area contributed by atoms with Crippen molar-refractivity contribution in [3.05, 3.63) is 81.4 Å². The van der Waals surface area contributed by atoms with E-state index in [2.05, 4.69) is 64.4 Å². The molecule has 4 aromatic rings. The third-order valence-electron chi connectivity index (χ3n) is 4.82. The molecule has 0 saturated heterocycles. The highest BCUT2D eigenvalue weighted by atomic mass is 32.1.